The van der Waals surface area contributed by atoms with Crippen molar-refractivity contribution in [3.8, 4) is 55.6 Å². The van der Waals surface area contributed by atoms with Gasteiger partial charge in [0, 0.05) is 5.41 Å². The van der Waals surface area contributed by atoms with E-state index in [1.54, 1.807) is 0 Å². The highest BCUT2D eigenvalue weighted by molar-refractivity contribution is 6.22. The van der Waals surface area contributed by atoms with E-state index in [0.29, 0.717) is 0 Å². The van der Waals surface area contributed by atoms with Crippen LogP contribution in [0.2, 0.25) is 0 Å². The molecule has 0 saturated heterocycles. The molecule has 0 aliphatic heterocycles. The number of hydrogen-bond donors (Lipinski definition) is 0. The van der Waals surface area contributed by atoms with Crippen molar-refractivity contribution in [1.82, 2.24) is 0 Å². The molecule has 0 saturated carbocycles. The van der Waals surface area contributed by atoms with E-state index in [2.05, 4.69) is 208 Å². The van der Waals surface area contributed by atoms with Crippen molar-refractivity contribution in [2.75, 3.05) is 0 Å². The van der Waals surface area contributed by atoms with Crippen LogP contribution in [0, 0.1) is 0 Å². The van der Waals surface area contributed by atoms with Crippen LogP contribution in [-0.4, -0.2) is 0 Å². The van der Waals surface area contributed by atoms with Gasteiger partial charge in [0.1, 0.15) is 0 Å². The van der Waals surface area contributed by atoms with Crippen LogP contribution in [-0.2, 0) is 10.8 Å². The highest BCUT2D eigenvalue weighted by Gasteiger charge is 2.51. The fourth-order valence-electron chi connectivity index (χ4n) is 11.8. The second kappa shape index (κ2) is 11.3. The zero-order chi connectivity index (χ0) is 38.3. The third kappa shape index (κ3) is 3.90. The molecule has 0 heterocycles. The molecule has 0 bridgehead atoms. The van der Waals surface area contributed by atoms with E-state index >= 15 is 0 Å². The summed E-state index contributed by atoms with van der Waals surface area (Å²) in [4.78, 5) is 0. The van der Waals surface area contributed by atoms with Crippen LogP contribution < -0.4 is 0 Å². The lowest BCUT2D eigenvalue weighted by Crippen LogP contribution is -2.25. The molecule has 0 fully saturated rings. The normalized spacial score (nSPS) is 14.7. The summed E-state index contributed by atoms with van der Waals surface area (Å²) in [5.74, 6) is 0. The quantitative estimate of drug-likeness (QED) is 0.155. The summed E-state index contributed by atoms with van der Waals surface area (Å²) >= 11 is 0. The second-order valence-electron chi connectivity index (χ2n) is 17.1. The Morgan fingerprint density at radius 2 is 0.724 bits per heavy atom. The Morgan fingerprint density at radius 3 is 1.29 bits per heavy atom. The topological polar surface area (TPSA) is 0 Å². The first-order valence-corrected chi connectivity index (χ1v) is 20.6. The Morgan fingerprint density at radius 1 is 0.293 bits per heavy atom. The van der Waals surface area contributed by atoms with Gasteiger partial charge in [0.05, 0.1) is 5.41 Å². The van der Waals surface area contributed by atoms with Crippen LogP contribution in [0.25, 0.3) is 88.0 Å². The highest BCUT2D eigenvalue weighted by Crippen LogP contribution is 2.63. The molecule has 13 rings (SSSR count). The average molecular weight is 735 g/mol. The number of rotatable bonds is 2. The van der Waals surface area contributed by atoms with E-state index in [0.717, 1.165) is 0 Å². The van der Waals surface area contributed by atoms with E-state index in [1.165, 1.54) is 121 Å². The predicted molar refractivity (Wildman–Crippen MR) is 244 cm³/mol. The Hall–Kier alpha value is -7.02. The Kier molecular flexibility index (Phi) is 6.26. The van der Waals surface area contributed by atoms with Gasteiger partial charge in [-0.05, 0) is 133 Å². The first kappa shape index (κ1) is 32.1. The van der Waals surface area contributed by atoms with Gasteiger partial charge in [0.15, 0.2) is 0 Å². The lowest BCUT2D eigenvalue weighted by Gasteiger charge is -2.31. The average Bonchev–Trinajstić information content (AvgIpc) is 3.83. The summed E-state index contributed by atoms with van der Waals surface area (Å²) in [7, 11) is 0. The van der Waals surface area contributed by atoms with Gasteiger partial charge < -0.3 is 0 Å². The SMILES string of the molecule is CC1(C)c2ccc(-c3c4ccccc4c(-c4ccc5c(c4)C4(c6ccccc6-c6ccccc64)c4ccccc4-5)c4ccccc34)cc2-c2ccc3ccccc3c21. The minimum Gasteiger partial charge on any atom is -0.0619 e. The van der Waals surface area contributed by atoms with E-state index in [4.69, 9.17) is 0 Å². The van der Waals surface area contributed by atoms with Gasteiger partial charge in [0.25, 0.3) is 0 Å². The Bertz CT molecular complexity index is 3310. The molecule has 1 spiro atoms. The molecule has 0 unspecified atom stereocenters. The summed E-state index contributed by atoms with van der Waals surface area (Å²) in [5.41, 5.74) is 21.0. The largest absolute Gasteiger partial charge is 0.0725 e. The van der Waals surface area contributed by atoms with Crippen LogP contribution in [0.5, 0.6) is 0 Å². The van der Waals surface area contributed by atoms with Crippen molar-refractivity contribution in [3.63, 3.8) is 0 Å². The van der Waals surface area contributed by atoms with Crippen molar-refractivity contribution < 1.29 is 0 Å². The number of fused-ring (bicyclic) bond motifs is 17. The van der Waals surface area contributed by atoms with Gasteiger partial charge >= 0.3 is 0 Å². The Labute approximate surface area is 338 Å². The first-order valence-electron chi connectivity index (χ1n) is 20.6. The summed E-state index contributed by atoms with van der Waals surface area (Å²) < 4.78 is 0. The molecular weight excluding hydrogens is 697 g/mol. The monoisotopic (exact) mass is 734 g/mol. The van der Waals surface area contributed by atoms with Gasteiger partial charge in [-0.3, -0.25) is 0 Å². The van der Waals surface area contributed by atoms with Crippen molar-refractivity contribution in [3.05, 3.63) is 228 Å². The molecule has 0 amide bonds. The van der Waals surface area contributed by atoms with Gasteiger partial charge in [-0.2, -0.15) is 0 Å². The molecule has 3 aliphatic rings. The first-order chi connectivity index (χ1) is 28.5. The molecule has 10 aromatic rings. The zero-order valence-electron chi connectivity index (χ0n) is 32.5. The minimum atomic E-state index is -0.388. The van der Waals surface area contributed by atoms with E-state index in [1.807, 2.05) is 0 Å². The fraction of sp³-hybridized carbons (Fsp3) is 0.0690. The lowest BCUT2D eigenvalue weighted by atomic mass is 9.70. The van der Waals surface area contributed by atoms with Crippen LogP contribution in [0.15, 0.2) is 194 Å². The van der Waals surface area contributed by atoms with Crippen molar-refractivity contribution >= 4 is 32.3 Å². The van der Waals surface area contributed by atoms with Crippen molar-refractivity contribution in [2.24, 2.45) is 0 Å². The van der Waals surface area contributed by atoms with Crippen LogP contribution in [0.4, 0.5) is 0 Å². The summed E-state index contributed by atoms with van der Waals surface area (Å²) in [6.45, 7) is 4.79. The third-order valence-corrected chi connectivity index (χ3v) is 14.0. The lowest BCUT2D eigenvalue weighted by molar-refractivity contribution is 0.666. The minimum absolute atomic E-state index is 0.0943. The standard InChI is InChI=1S/C58H38/c1-57(2)49-32-29-36(33-48(49)47-31-27-35-15-3-4-16-38(35)56(47)57)54-43-20-5-7-22-45(43)55(46-23-8-6-21-44(46)54)37-28-30-42-41-19-11-14-26-52(41)58(53(42)34-37)50-24-12-9-17-39(50)40-18-10-13-25-51(40)58/h3-34H,1-2H3. The van der Waals surface area contributed by atoms with Crippen LogP contribution >= 0.6 is 0 Å². The van der Waals surface area contributed by atoms with E-state index in [-0.39, 0.29) is 10.8 Å². The van der Waals surface area contributed by atoms with E-state index < -0.39 is 0 Å². The summed E-state index contributed by atoms with van der Waals surface area (Å²) in [6.07, 6.45) is 0. The maximum Gasteiger partial charge on any atom is 0.0725 e. The highest BCUT2D eigenvalue weighted by atomic mass is 14.5. The number of benzene rings is 10. The Balaban J connectivity index is 1.07. The van der Waals surface area contributed by atoms with Gasteiger partial charge in [-0.25, -0.2) is 0 Å². The smallest absolute Gasteiger partial charge is 0.0619 e. The third-order valence-electron chi connectivity index (χ3n) is 14.0. The molecule has 0 radical (unpaired) electrons. The molecule has 0 N–H and O–H groups in total. The molecule has 3 aliphatic carbocycles. The predicted octanol–water partition coefficient (Wildman–Crippen LogP) is 15.1. The molecule has 0 heteroatoms. The molecule has 270 valence electrons. The maximum atomic E-state index is 2.54. The molecule has 0 nitrogen and oxygen atoms in total. The van der Waals surface area contributed by atoms with Crippen molar-refractivity contribution in [1.29, 1.82) is 0 Å². The summed E-state index contributed by atoms with van der Waals surface area (Å²) in [5, 5.41) is 7.77. The number of hydrogen-bond acceptors (Lipinski definition) is 0. The fourth-order valence-corrected chi connectivity index (χ4v) is 11.8. The molecule has 58 heavy (non-hydrogen) atoms. The van der Waals surface area contributed by atoms with Crippen LogP contribution in [0.1, 0.15) is 47.2 Å². The van der Waals surface area contributed by atoms with Crippen LogP contribution in [0.3, 0.4) is 0 Å². The van der Waals surface area contributed by atoms with Crippen molar-refractivity contribution in [2.45, 2.75) is 24.7 Å². The van der Waals surface area contributed by atoms with Gasteiger partial charge in [-0.1, -0.05) is 196 Å². The van der Waals surface area contributed by atoms with E-state index in [9.17, 15) is 0 Å². The zero-order valence-corrected chi connectivity index (χ0v) is 32.5. The molecular formula is C58H38. The van der Waals surface area contributed by atoms with Gasteiger partial charge in [-0.15, -0.1) is 0 Å². The second-order valence-corrected chi connectivity index (χ2v) is 17.1. The molecule has 0 aromatic heterocycles. The molecule has 0 atom stereocenters. The molecule has 10 aromatic carbocycles. The summed E-state index contributed by atoms with van der Waals surface area (Å²) in [6, 6.07) is 73.6. The maximum absolute atomic E-state index is 2.54. The van der Waals surface area contributed by atoms with Gasteiger partial charge in [0.2, 0.25) is 0 Å².